The van der Waals surface area contributed by atoms with Crippen LogP contribution in [0.3, 0.4) is 0 Å². The van der Waals surface area contributed by atoms with E-state index in [4.69, 9.17) is 5.11 Å². The molecule has 1 aliphatic heterocycles. The summed E-state index contributed by atoms with van der Waals surface area (Å²) in [5.41, 5.74) is 0.803. The zero-order valence-corrected chi connectivity index (χ0v) is 10.3. The van der Waals surface area contributed by atoms with Crippen LogP contribution in [0, 0.1) is 5.82 Å². The lowest BCUT2D eigenvalue weighted by Gasteiger charge is -2.17. The molecule has 1 aromatic rings. The van der Waals surface area contributed by atoms with Gasteiger partial charge in [0.1, 0.15) is 5.82 Å². The number of aliphatic hydroxyl groups is 1. The first-order chi connectivity index (χ1) is 8.63. The van der Waals surface area contributed by atoms with Crippen molar-refractivity contribution in [3.8, 4) is 0 Å². The van der Waals surface area contributed by atoms with E-state index in [1.54, 1.807) is 22.9 Å². The Bertz CT molecular complexity index is 439. The summed E-state index contributed by atoms with van der Waals surface area (Å²) in [6.45, 7) is 1.14. The highest BCUT2D eigenvalue weighted by Crippen LogP contribution is 2.28. The van der Waals surface area contributed by atoms with Crippen LogP contribution in [0.5, 0.6) is 0 Å². The van der Waals surface area contributed by atoms with Crippen LogP contribution in [0.25, 0.3) is 0 Å². The first kappa shape index (κ1) is 12.8. The Kier molecular flexibility index (Phi) is 3.81. The second-order valence-corrected chi connectivity index (χ2v) is 4.49. The van der Waals surface area contributed by atoms with Crippen LogP contribution in [0.4, 0.5) is 9.18 Å². The van der Waals surface area contributed by atoms with E-state index in [0.29, 0.717) is 19.5 Å². The minimum absolute atomic E-state index is 0.0676. The molecule has 5 heteroatoms. The van der Waals surface area contributed by atoms with Crippen LogP contribution in [0.1, 0.15) is 18.0 Å². The van der Waals surface area contributed by atoms with Gasteiger partial charge in [-0.2, -0.15) is 0 Å². The summed E-state index contributed by atoms with van der Waals surface area (Å²) < 4.78 is 13.2. The summed E-state index contributed by atoms with van der Waals surface area (Å²) in [4.78, 5) is 15.3. The van der Waals surface area contributed by atoms with Gasteiger partial charge in [0.25, 0.3) is 0 Å². The standard InChI is InChI=1S/C13H17FN2O2/c1-15-12(10-4-2-5-11(14)8-10)9-16(13(15)18)6-3-7-17/h2,4-5,8,12,17H,3,6-7,9H2,1H3. The molecule has 0 aliphatic carbocycles. The molecule has 4 nitrogen and oxygen atoms in total. The van der Waals surface area contributed by atoms with Gasteiger partial charge < -0.3 is 14.9 Å². The van der Waals surface area contributed by atoms with Crippen molar-refractivity contribution in [1.29, 1.82) is 0 Å². The number of urea groups is 1. The smallest absolute Gasteiger partial charge is 0.320 e. The number of amides is 2. The van der Waals surface area contributed by atoms with E-state index in [9.17, 15) is 9.18 Å². The second-order valence-electron chi connectivity index (χ2n) is 4.49. The molecule has 1 aliphatic rings. The van der Waals surface area contributed by atoms with Crippen LogP contribution in [0.15, 0.2) is 24.3 Å². The highest BCUT2D eigenvalue weighted by Gasteiger charge is 2.34. The maximum absolute atomic E-state index is 13.2. The molecule has 0 radical (unpaired) electrons. The molecule has 1 aromatic carbocycles. The fraction of sp³-hybridized carbons (Fsp3) is 0.462. The third-order valence-corrected chi connectivity index (χ3v) is 3.25. The van der Waals surface area contributed by atoms with Gasteiger partial charge in [-0.05, 0) is 24.1 Å². The fourth-order valence-electron chi connectivity index (χ4n) is 2.26. The topological polar surface area (TPSA) is 43.8 Å². The Labute approximate surface area is 106 Å². The summed E-state index contributed by atoms with van der Waals surface area (Å²) in [5, 5.41) is 8.80. The van der Waals surface area contributed by atoms with Gasteiger partial charge in [-0.3, -0.25) is 0 Å². The molecule has 1 unspecified atom stereocenters. The number of nitrogens with zero attached hydrogens (tertiary/aromatic N) is 2. The molecule has 18 heavy (non-hydrogen) atoms. The van der Waals surface area contributed by atoms with Crippen molar-refractivity contribution in [3.63, 3.8) is 0 Å². The molecular formula is C13H17FN2O2. The van der Waals surface area contributed by atoms with Crippen molar-refractivity contribution in [2.45, 2.75) is 12.5 Å². The van der Waals surface area contributed by atoms with Crippen molar-refractivity contribution in [3.05, 3.63) is 35.6 Å². The fourth-order valence-corrected chi connectivity index (χ4v) is 2.26. The van der Waals surface area contributed by atoms with E-state index >= 15 is 0 Å². The predicted octanol–water partition coefficient (Wildman–Crippen LogP) is 1.62. The maximum Gasteiger partial charge on any atom is 0.320 e. The van der Waals surface area contributed by atoms with Crippen LogP contribution in [-0.2, 0) is 0 Å². The molecule has 1 atom stereocenters. The predicted molar refractivity (Wildman–Crippen MR) is 65.6 cm³/mol. The molecule has 1 heterocycles. The summed E-state index contributed by atoms with van der Waals surface area (Å²) in [6.07, 6.45) is 0.565. The quantitative estimate of drug-likeness (QED) is 0.885. The number of carbonyl (C=O) groups is 1. The Morgan fingerprint density at radius 2 is 2.28 bits per heavy atom. The zero-order chi connectivity index (χ0) is 13.1. The number of hydrogen-bond acceptors (Lipinski definition) is 2. The Morgan fingerprint density at radius 1 is 1.50 bits per heavy atom. The van der Waals surface area contributed by atoms with Crippen LogP contribution < -0.4 is 0 Å². The maximum atomic E-state index is 13.2. The lowest BCUT2D eigenvalue weighted by Crippen LogP contribution is -2.30. The third kappa shape index (κ3) is 2.46. The molecule has 98 valence electrons. The van der Waals surface area contributed by atoms with Gasteiger partial charge in [-0.15, -0.1) is 0 Å². The zero-order valence-electron chi connectivity index (χ0n) is 10.3. The third-order valence-electron chi connectivity index (χ3n) is 3.25. The van der Waals surface area contributed by atoms with E-state index in [1.165, 1.54) is 12.1 Å². The number of aliphatic hydroxyl groups excluding tert-OH is 1. The minimum Gasteiger partial charge on any atom is -0.396 e. The number of likely N-dealkylation sites (N-methyl/N-ethyl adjacent to an activating group) is 1. The van der Waals surface area contributed by atoms with Gasteiger partial charge >= 0.3 is 6.03 Å². The summed E-state index contributed by atoms with van der Waals surface area (Å²) in [7, 11) is 1.72. The highest BCUT2D eigenvalue weighted by atomic mass is 19.1. The Balaban J connectivity index is 2.13. The molecule has 2 rings (SSSR count). The Hall–Kier alpha value is -1.62. The van der Waals surface area contributed by atoms with E-state index in [2.05, 4.69) is 0 Å². The lowest BCUT2D eigenvalue weighted by atomic mass is 10.1. The largest absolute Gasteiger partial charge is 0.396 e. The van der Waals surface area contributed by atoms with Crippen LogP contribution >= 0.6 is 0 Å². The lowest BCUT2D eigenvalue weighted by molar-refractivity contribution is 0.191. The monoisotopic (exact) mass is 252 g/mol. The summed E-state index contributed by atoms with van der Waals surface area (Å²) >= 11 is 0. The molecule has 0 saturated carbocycles. The first-order valence-corrected chi connectivity index (χ1v) is 6.01. The first-order valence-electron chi connectivity index (χ1n) is 6.01. The minimum atomic E-state index is -0.290. The Morgan fingerprint density at radius 3 is 2.94 bits per heavy atom. The van der Waals surface area contributed by atoms with Crippen LogP contribution in [0.2, 0.25) is 0 Å². The van der Waals surface area contributed by atoms with Crippen molar-refractivity contribution in [2.75, 3.05) is 26.7 Å². The van der Waals surface area contributed by atoms with Crippen molar-refractivity contribution >= 4 is 6.03 Å². The van der Waals surface area contributed by atoms with E-state index in [-0.39, 0.29) is 24.5 Å². The SMILES string of the molecule is CN1C(=O)N(CCCO)CC1c1cccc(F)c1. The van der Waals surface area contributed by atoms with Crippen molar-refractivity contribution in [1.82, 2.24) is 9.80 Å². The highest BCUT2D eigenvalue weighted by molar-refractivity contribution is 5.77. The van der Waals surface area contributed by atoms with Gasteiger partial charge in [-0.25, -0.2) is 9.18 Å². The molecule has 1 N–H and O–H groups in total. The molecule has 0 aromatic heterocycles. The van der Waals surface area contributed by atoms with Crippen molar-refractivity contribution < 1.29 is 14.3 Å². The molecule has 0 bridgehead atoms. The summed E-state index contributed by atoms with van der Waals surface area (Å²) in [5.74, 6) is -0.290. The number of rotatable bonds is 4. The number of carbonyl (C=O) groups excluding carboxylic acids is 1. The van der Waals surface area contributed by atoms with Gasteiger partial charge in [-0.1, -0.05) is 12.1 Å². The number of hydrogen-bond donors (Lipinski definition) is 1. The van der Waals surface area contributed by atoms with Gasteiger partial charge in [0, 0.05) is 26.7 Å². The van der Waals surface area contributed by atoms with Gasteiger partial charge in [0.15, 0.2) is 0 Å². The average molecular weight is 252 g/mol. The average Bonchev–Trinajstić information content (AvgIpc) is 2.64. The van der Waals surface area contributed by atoms with Gasteiger partial charge in [0.2, 0.25) is 0 Å². The molecular weight excluding hydrogens is 235 g/mol. The molecule has 2 amide bonds. The van der Waals surface area contributed by atoms with E-state index in [0.717, 1.165) is 5.56 Å². The van der Waals surface area contributed by atoms with E-state index in [1.807, 2.05) is 6.07 Å². The summed E-state index contributed by atoms with van der Waals surface area (Å²) in [6, 6.07) is 6.14. The molecule has 1 saturated heterocycles. The molecule has 0 spiro atoms. The van der Waals surface area contributed by atoms with Gasteiger partial charge in [0.05, 0.1) is 6.04 Å². The van der Waals surface area contributed by atoms with Crippen molar-refractivity contribution in [2.24, 2.45) is 0 Å². The molecule has 1 fully saturated rings. The number of benzene rings is 1. The number of halogens is 1. The second kappa shape index (κ2) is 5.35. The normalized spacial score (nSPS) is 19.7. The van der Waals surface area contributed by atoms with E-state index < -0.39 is 0 Å². The van der Waals surface area contributed by atoms with Crippen LogP contribution in [-0.4, -0.2) is 47.7 Å².